The van der Waals surface area contributed by atoms with Gasteiger partial charge in [-0.1, -0.05) is 60.7 Å². The van der Waals surface area contributed by atoms with E-state index in [1.54, 1.807) is 55.6 Å². The van der Waals surface area contributed by atoms with Gasteiger partial charge in [0.1, 0.15) is 23.4 Å². The van der Waals surface area contributed by atoms with Crippen molar-refractivity contribution < 1.29 is 28.2 Å². The minimum atomic E-state index is -0.890. The molecule has 41 heavy (non-hydrogen) atoms. The van der Waals surface area contributed by atoms with E-state index >= 15 is 8.78 Å². The Labute approximate surface area is 234 Å². The van der Waals surface area contributed by atoms with Crippen LogP contribution in [-0.2, 0) is 14.9 Å². The Hall–Kier alpha value is -5.05. The molecular weight excluding hydrogens is 528 g/mol. The highest BCUT2D eigenvalue weighted by Crippen LogP contribution is 2.48. The largest absolute Gasteiger partial charge is 0.481 e. The van der Waals surface area contributed by atoms with Gasteiger partial charge in [0, 0.05) is 17.3 Å². The number of nitrogens with one attached hydrogen (secondary N) is 1. The van der Waals surface area contributed by atoms with E-state index in [9.17, 15) is 14.7 Å². The number of pyridine rings is 1. The number of ether oxygens (including phenoxy) is 1. The molecule has 1 fully saturated rings. The highest BCUT2D eigenvalue weighted by Gasteiger charge is 2.51. The Morgan fingerprint density at radius 3 is 2.29 bits per heavy atom. The summed E-state index contributed by atoms with van der Waals surface area (Å²) in [6.07, 6.45) is 1.41. The molecule has 3 aromatic carbocycles. The average Bonchev–Trinajstić information content (AvgIpc) is 3.72. The second-order valence-electron chi connectivity index (χ2n) is 10.1. The normalized spacial score (nSPS) is 14.4. The molecular formula is C32H25F2N3O4. The maximum atomic E-state index is 15.6. The van der Waals surface area contributed by atoms with Crippen molar-refractivity contribution in [3.8, 4) is 22.4 Å². The third kappa shape index (κ3) is 4.80. The summed E-state index contributed by atoms with van der Waals surface area (Å²) in [7, 11) is 0. The molecule has 1 aliphatic carbocycles. The maximum absolute atomic E-state index is 15.6. The van der Waals surface area contributed by atoms with Crippen LogP contribution >= 0.6 is 0 Å². The van der Waals surface area contributed by atoms with Crippen LogP contribution in [0.2, 0.25) is 0 Å². The molecule has 1 aliphatic rings. The van der Waals surface area contributed by atoms with Gasteiger partial charge in [-0.15, -0.1) is 0 Å². The number of fused-ring (bicyclic) bond motifs is 1. The molecule has 1 atom stereocenters. The van der Waals surface area contributed by atoms with Gasteiger partial charge in [-0.05, 0) is 60.7 Å². The van der Waals surface area contributed by atoms with Crippen LogP contribution in [0, 0.1) is 11.6 Å². The van der Waals surface area contributed by atoms with Gasteiger partial charge in [-0.2, -0.15) is 5.10 Å². The molecule has 2 aromatic heterocycles. The molecule has 206 valence electrons. The molecule has 0 saturated heterocycles. The summed E-state index contributed by atoms with van der Waals surface area (Å²) in [6.45, 7) is 1.73. The van der Waals surface area contributed by atoms with Gasteiger partial charge >= 0.3 is 12.1 Å². The predicted octanol–water partition coefficient (Wildman–Crippen LogP) is 7.37. The monoisotopic (exact) mass is 553 g/mol. The number of carboxylic acids is 1. The number of hydrogen-bond acceptors (Lipinski definition) is 4. The summed E-state index contributed by atoms with van der Waals surface area (Å²) in [5.41, 5.74) is 1.52. The van der Waals surface area contributed by atoms with Crippen LogP contribution in [0.15, 0.2) is 91.1 Å². The lowest BCUT2D eigenvalue weighted by molar-refractivity contribution is -0.140. The third-order valence-corrected chi connectivity index (χ3v) is 7.54. The van der Waals surface area contributed by atoms with E-state index in [4.69, 9.17) is 4.74 Å². The molecule has 2 heterocycles. The number of aromatic nitrogens is 2. The lowest BCUT2D eigenvalue weighted by Crippen LogP contribution is -2.19. The minimum absolute atomic E-state index is 0.0207. The number of aliphatic carboxylic acids is 1. The first-order chi connectivity index (χ1) is 19.8. The number of hydrogen-bond donors (Lipinski definition) is 2. The summed E-state index contributed by atoms with van der Waals surface area (Å²) in [4.78, 5) is 24.5. The van der Waals surface area contributed by atoms with E-state index in [-0.39, 0.29) is 22.5 Å². The predicted molar refractivity (Wildman–Crippen MR) is 149 cm³/mol. The molecule has 0 aliphatic heterocycles. The second-order valence-corrected chi connectivity index (χ2v) is 10.1. The van der Waals surface area contributed by atoms with Crippen LogP contribution in [-0.4, -0.2) is 26.8 Å². The van der Waals surface area contributed by atoms with Crippen LogP contribution in [0.25, 0.3) is 27.9 Å². The molecule has 7 nitrogen and oxygen atoms in total. The quantitative estimate of drug-likeness (QED) is 0.220. The first kappa shape index (κ1) is 26.2. The van der Waals surface area contributed by atoms with Crippen LogP contribution in [0.1, 0.15) is 37.0 Å². The van der Waals surface area contributed by atoms with E-state index in [2.05, 4.69) is 10.4 Å². The van der Waals surface area contributed by atoms with Crippen LogP contribution < -0.4 is 5.32 Å². The number of halogens is 2. The third-order valence-electron chi connectivity index (χ3n) is 7.54. The van der Waals surface area contributed by atoms with Crippen molar-refractivity contribution in [2.75, 3.05) is 5.32 Å². The Morgan fingerprint density at radius 2 is 1.61 bits per heavy atom. The molecule has 5 aromatic rings. The smallest absolute Gasteiger partial charge is 0.412 e. The van der Waals surface area contributed by atoms with Gasteiger partial charge < -0.3 is 9.84 Å². The van der Waals surface area contributed by atoms with E-state index in [1.807, 2.05) is 30.3 Å². The summed E-state index contributed by atoms with van der Waals surface area (Å²) < 4.78 is 38.1. The topological polar surface area (TPSA) is 92.9 Å². The first-order valence-electron chi connectivity index (χ1n) is 13.1. The van der Waals surface area contributed by atoms with E-state index in [0.29, 0.717) is 29.5 Å². The fourth-order valence-corrected chi connectivity index (χ4v) is 5.06. The van der Waals surface area contributed by atoms with Crippen molar-refractivity contribution in [1.82, 2.24) is 9.61 Å². The summed E-state index contributed by atoms with van der Waals surface area (Å²) in [6, 6.07) is 23.0. The molecule has 1 unspecified atom stereocenters. The van der Waals surface area contributed by atoms with Crippen molar-refractivity contribution >= 4 is 23.3 Å². The van der Waals surface area contributed by atoms with Crippen molar-refractivity contribution in [3.63, 3.8) is 0 Å². The number of benzene rings is 3. The fraction of sp³-hybridized carbons (Fsp3) is 0.156. The molecule has 6 rings (SSSR count). The van der Waals surface area contributed by atoms with Crippen molar-refractivity contribution in [2.24, 2.45) is 0 Å². The zero-order valence-corrected chi connectivity index (χ0v) is 22.0. The van der Waals surface area contributed by atoms with Crippen LogP contribution in [0.3, 0.4) is 0 Å². The number of carboxylic acid groups (broad SMARTS) is 1. The van der Waals surface area contributed by atoms with Gasteiger partial charge in [0.05, 0.1) is 16.6 Å². The standard InChI is InChI=1S/C32H25F2N3O4/c1-19(20-7-3-2-4-8-20)41-31(40)35-29-27-9-5-6-16-37(27)36-28(29)24-18-25(33)23(17-26(24)34)21-10-12-22(13-11-21)32(14-15-32)30(38)39/h2-13,16-19H,14-15H2,1H3,(H,35,40)(H,38,39). The van der Waals surface area contributed by atoms with Gasteiger partial charge in [-0.25, -0.2) is 18.1 Å². The molecule has 0 radical (unpaired) electrons. The lowest BCUT2D eigenvalue weighted by Gasteiger charge is -2.15. The number of carbonyl (C=O) groups excluding carboxylic acids is 1. The minimum Gasteiger partial charge on any atom is -0.481 e. The van der Waals surface area contributed by atoms with Gasteiger partial charge in [-0.3, -0.25) is 10.1 Å². The van der Waals surface area contributed by atoms with E-state index in [0.717, 1.165) is 17.7 Å². The Morgan fingerprint density at radius 1 is 0.951 bits per heavy atom. The number of anilines is 1. The zero-order valence-electron chi connectivity index (χ0n) is 22.0. The second kappa shape index (κ2) is 10.2. The first-order valence-corrected chi connectivity index (χ1v) is 13.1. The van der Waals surface area contributed by atoms with Crippen molar-refractivity contribution in [3.05, 3.63) is 114 Å². The van der Waals surface area contributed by atoms with E-state index in [1.165, 1.54) is 4.52 Å². The highest BCUT2D eigenvalue weighted by molar-refractivity contribution is 5.98. The molecule has 2 N–H and O–H groups in total. The van der Waals surface area contributed by atoms with Gasteiger partial charge in [0.2, 0.25) is 0 Å². The van der Waals surface area contributed by atoms with Crippen LogP contribution in [0.4, 0.5) is 19.3 Å². The molecule has 1 saturated carbocycles. The van der Waals surface area contributed by atoms with Crippen molar-refractivity contribution in [1.29, 1.82) is 0 Å². The van der Waals surface area contributed by atoms with Gasteiger partial charge in [0.25, 0.3) is 0 Å². The number of amides is 1. The van der Waals surface area contributed by atoms with Gasteiger partial charge in [0.15, 0.2) is 0 Å². The highest BCUT2D eigenvalue weighted by atomic mass is 19.1. The van der Waals surface area contributed by atoms with Crippen LogP contribution in [0.5, 0.6) is 0 Å². The van der Waals surface area contributed by atoms with Crippen molar-refractivity contribution in [2.45, 2.75) is 31.3 Å². The molecule has 1 amide bonds. The summed E-state index contributed by atoms with van der Waals surface area (Å²) >= 11 is 0. The Bertz CT molecular complexity index is 1780. The SMILES string of the molecule is CC(OC(=O)Nc1c(-c2cc(F)c(-c3ccc(C4(C(=O)O)CC4)cc3)cc2F)nn2ccccc12)c1ccccc1. The zero-order chi connectivity index (χ0) is 28.7. The fourth-order valence-electron chi connectivity index (χ4n) is 5.06. The Balaban J connectivity index is 1.32. The summed E-state index contributed by atoms with van der Waals surface area (Å²) in [5.74, 6) is -2.33. The number of carbonyl (C=O) groups is 2. The molecule has 9 heteroatoms. The number of rotatable bonds is 7. The number of nitrogens with zero attached hydrogens (tertiary/aromatic N) is 2. The molecule has 0 bridgehead atoms. The molecule has 0 spiro atoms. The lowest BCUT2D eigenvalue weighted by atomic mass is 9.93. The van der Waals surface area contributed by atoms with E-state index < -0.39 is 35.2 Å². The average molecular weight is 554 g/mol. The Kier molecular flexibility index (Phi) is 6.49. The maximum Gasteiger partial charge on any atom is 0.412 e. The summed E-state index contributed by atoms with van der Waals surface area (Å²) in [5, 5.41) is 16.6.